The van der Waals surface area contributed by atoms with Gasteiger partial charge in [0.15, 0.2) is 17.1 Å². The summed E-state index contributed by atoms with van der Waals surface area (Å²) in [5.74, 6) is 2.13. The van der Waals surface area contributed by atoms with Gasteiger partial charge in [-0.25, -0.2) is 4.57 Å². The Balaban J connectivity index is 2.85. The molecule has 1 N–H and O–H groups in total. The smallest absolute Gasteiger partial charge is 0.254 e. The van der Waals surface area contributed by atoms with Crippen molar-refractivity contribution in [1.29, 1.82) is 10.7 Å². The molecule has 1 aromatic carbocycles. The van der Waals surface area contributed by atoms with E-state index in [1.165, 1.54) is 0 Å². The number of nitriles is 1. The lowest BCUT2D eigenvalue weighted by Gasteiger charge is -1.88. The minimum Gasteiger partial charge on any atom is -0.254 e. The zero-order chi connectivity index (χ0) is 10.8. The molecule has 2 rings (SSSR count). The molecule has 0 unspecified atom stereocenters. The molecule has 72 valence electrons. The molecule has 0 radical (unpaired) electrons. The second-order valence-electron chi connectivity index (χ2n) is 3.17. The van der Waals surface area contributed by atoms with E-state index in [1.807, 2.05) is 41.9 Å². The van der Waals surface area contributed by atoms with Gasteiger partial charge >= 0.3 is 0 Å². The van der Waals surface area contributed by atoms with Crippen LogP contribution in [0.15, 0.2) is 30.6 Å². The highest BCUT2D eigenvalue weighted by Gasteiger charge is 2.15. The molecule has 2 aromatic rings. The predicted molar refractivity (Wildman–Crippen MR) is 56.2 cm³/mol. The summed E-state index contributed by atoms with van der Waals surface area (Å²) in [6.45, 7) is 0. The molecule has 0 aliphatic heterocycles. The molecule has 0 fully saturated rings. The van der Waals surface area contributed by atoms with Crippen LogP contribution in [0, 0.1) is 16.7 Å². The highest BCUT2D eigenvalue weighted by Crippen LogP contribution is 2.13. The number of aryl methyl sites for hydroxylation is 1. The summed E-state index contributed by atoms with van der Waals surface area (Å²) in [7, 11) is 1.90. The second kappa shape index (κ2) is 3.41. The Hall–Kier alpha value is -2.37. The molecule has 0 bridgehead atoms. The van der Waals surface area contributed by atoms with Gasteiger partial charge in [-0.1, -0.05) is 12.1 Å². The number of nitrogens with one attached hydrogen (secondary N) is 1. The van der Waals surface area contributed by atoms with E-state index in [9.17, 15) is 0 Å². The molecule has 15 heavy (non-hydrogen) atoms. The van der Waals surface area contributed by atoms with E-state index in [2.05, 4.69) is 5.87 Å². The van der Waals surface area contributed by atoms with Gasteiger partial charge in [-0.3, -0.25) is 5.41 Å². The highest BCUT2D eigenvalue weighted by atomic mass is 15.1. The number of hydrogen-bond donors (Lipinski definition) is 1. The summed E-state index contributed by atoms with van der Waals surface area (Å²) in [6.07, 6.45) is 1.77. The lowest BCUT2D eigenvalue weighted by molar-refractivity contribution is -0.645. The summed E-state index contributed by atoms with van der Waals surface area (Å²) in [5, 5.41) is 15.9. The quantitative estimate of drug-likeness (QED) is 0.415. The average Bonchev–Trinajstić information content (AvgIpc) is 2.60. The summed E-state index contributed by atoms with van der Waals surface area (Å²) in [6, 6.07) is 9.65. The topological polar surface area (TPSA) is 56.4 Å². The van der Waals surface area contributed by atoms with Crippen LogP contribution >= 0.6 is 0 Å². The second-order valence-corrected chi connectivity index (χ2v) is 3.17. The van der Waals surface area contributed by atoms with E-state index in [4.69, 9.17) is 10.7 Å². The molecule has 0 amide bonds. The van der Waals surface area contributed by atoms with E-state index in [-0.39, 0.29) is 5.70 Å². The normalized spacial score (nSPS) is 9.60. The Labute approximate surface area is 86.8 Å². The SMILES string of the molecule is C[n+]1cn(C(=C=N)C#N)c2ccccc21. The van der Waals surface area contributed by atoms with Gasteiger partial charge in [-0.05, 0) is 12.1 Å². The minimum absolute atomic E-state index is 0.187. The van der Waals surface area contributed by atoms with Crippen LogP contribution in [0.3, 0.4) is 0 Å². The van der Waals surface area contributed by atoms with Crippen molar-refractivity contribution >= 4 is 22.6 Å². The Morgan fingerprint density at radius 3 is 2.87 bits per heavy atom. The first-order valence-corrected chi connectivity index (χ1v) is 4.44. The van der Waals surface area contributed by atoms with Gasteiger partial charge in [0, 0.05) is 5.87 Å². The van der Waals surface area contributed by atoms with E-state index in [1.54, 1.807) is 10.9 Å². The van der Waals surface area contributed by atoms with Gasteiger partial charge in [0.2, 0.25) is 0 Å². The van der Waals surface area contributed by atoms with Crippen molar-refractivity contribution in [2.45, 2.75) is 0 Å². The van der Waals surface area contributed by atoms with Crippen molar-refractivity contribution < 1.29 is 4.57 Å². The molecule has 0 aliphatic carbocycles. The zero-order valence-corrected chi connectivity index (χ0v) is 8.23. The van der Waals surface area contributed by atoms with Gasteiger partial charge in [-0.2, -0.15) is 9.83 Å². The maximum absolute atomic E-state index is 8.85. The molecule has 0 aliphatic rings. The fourth-order valence-electron chi connectivity index (χ4n) is 1.58. The first-order chi connectivity index (χ1) is 7.27. The zero-order valence-electron chi connectivity index (χ0n) is 8.23. The van der Waals surface area contributed by atoms with Crippen LogP contribution in [0.1, 0.15) is 0 Å². The van der Waals surface area contributed by atoms with Gasteiger partial charge in [-0.15, -0.1) is 0 Å². The number of hydrogen-bond acceptors (Lipinski definition) is 2. The standard InChI is InChI=1S/C11H9N4/c1-14-8-15(9(6-12)7-13)11-5-3-2-4-10(11)14/h2-5,8,12H,1H3/q+1. The number of benzene rings is 1. The fraction of sp³-hybridized carbons (Fsp3) is 0.0909. The fourth-order valence-corrected chi connectivity index (χ4v) is 1.58. The number of aromatic nitrogens is 2. The largest absolute Gasteiger partial charge is 0.272 e. The number of imidazole rings is 1. The van der Waals surface area contributed by atoms with Crippen LogP contribution in [-0.2, 0) is 7.05 Å². The first-order valence-electron chi connectivity index (χ1n) is 4.44. The molecule has 0 atom stereocenters. The van der Waals surface area contributed by atoms with Crippen LogP contribution in [0.2, 0.25) is 0 Å². The molecule has 1 aromatic heterocycles. The van der Waals surface area contributed by atoms with Crippen molar-refractivity contribution in [3.8, 4) is 6.07 Å². The molecule has 4 heteroatoms. The third kappa shape index (κ3) is 1.32. The molecule has 0 saturated heterocycles. The Morgan fingerprint density at radius 1 is 1.47 bits per heavy atom. The maximum atomic E-state index is 8.85. The number of rotatable bonds is 1. The van der Waals surface area contributed by atoms with Crippen LogP contribution in [-0.4, -0.2) is 10.4 Å². The Bertz CT molecular complexity index is 609. The van der Waals surface area contributed by atoms with Crippen molar-refractivity contribution in [1.82, 2.24) is 4.57 Å². The molecule has 4 nitrogen and oxygen atoms in total. The molecular formula is C11H9N4+. The summed E-state index contributed by atoms with van der Waals surface area (Å²) in [4.78, 5) is 0. The predicted octanol–water partition coefficient (Wildman–Crippen LogP) is 1.08. The Kier molecular flexibility index (Phi) is 2.09. The maximum Gasteiger partial charge on any atom is 0.272 e. The molecule has 0 saturated carbocycles. The lowest BCUT2D eigenvalue weighted by Crippen LogP contribution is -2.25. The number of para-hydroxylation sites is 2. The van der Waals surface area contributed by atoms with Gasteiger partial charge < -0.3 is 0 Å². The van der Waals surface area contributed by atoms with E-state index in [0.717, 1.165) is 11.0 Å². The third-order valence-corrected chi connectivity index (χ3v) is 2.28. The molecule has 1 heterocycles. The van der Waals surface area contributed by atoms with Crippen LogP contribution < -0.4 is 4.57 Å². The van der Waals surface area contributed by atoms with Crippen molar-refractivity contribution in [3.05, 3.63) is 30.6 Å². The summed E-state index contributed by atoms with van der Waals surface area (Å²) < 4.78 is 3.56. The molecule has 0 spiro atoms. The number of nitrogens with zero attached hydrogens (tertiary/aromatic N) is 3. The first kappa shape index (κ1) is 9.20. The van der Waals surface area contributed by atoms with Crippen LogP contribution in [0.25, 0.3) is 16.7 Å². The summed E-state index contributed by atoms with van der Waals surface area (Å²) >= 11 is 0. The van der Waals surface area contributed by atoms with E-state index < -0.39 is 0 Å². The average molecular weight is 197 g/mol. The minimum atomic E-state index is 0.187. The Morgan fingerprint density at radius 2 is 2.20 bits per heavy atom. The van der Waals surface area contributed by atoms with Crippen molar-refractivity contribution in [2.24, 2.45) is 7.05 Å². The third-order valence-electron chi connectivity index (χ3n) is 2.28. The van der Waals surface area contributed by atoms with Crippen LogP contribution in [0.5, 0.6) is 0 Å². The van der Waals surface area contributed by atoms with Gasteiger partial charge in [0.05, 0.1) is 7.05 Å². The number of fused-ring (bicyclic) bond motifs is 1. The number of allylic oxidation sites excluding steroid dienone is 1. The lowest BCUT2D eigenvalue weighted by atomic mass is 10.3. The van der Waals surface area contributed by atoms with Gasteiger partial charge in [0.1, 0.15) is 0 Å². The highest BCUT2D eigenvalue weighted by molar-refractivity contribution is 5.91. The molecular weight excluding hydrogens is 188 g/mol. The van der Waals surface area contributed by atoms with Crippen LogP contribution in [0.4, 0.5) is 0 Å². The van der Waals surface area contributed by atoms with Crippen molar-refractivity contribution in [2.75, 3.05) is 0 Å². The van der Waals surface area contributed by atoms with E-state index >= 15 is 0 Å². The van der Waals surface area contributed by atoms with Crippen molar-refractivity contribution in [3.63, 3.8) is 0 Å². The van der Waals surface area contributed by atoms with E-state index in [0.29, 0.717) is 0 Å². The summed E-state index contributed by atoms with van der Waals surface area (Å²) in [5.41, 5.74) is 2.10. The van der Waals surface area contributed by atoms with Gasteiger partial charge in [0.25, 0.3) is 12.0 Å². The monoisotopic (exact) mass is 197 g/mol.